The van der Waals surface area contributed by atoms with E-state index in [1.807, 2.05) is 0 Å². The van der Waals surface area contributed by atoms with Crippen LogP contribution in [0.1, 0.15) is 47.2 Å². The smallest absolute Gasteiger partial charge is 0.0719 e. The van der Waals surface area contributed by atoms with Crippen molar-refractivity contribution in [3.05, 3.63) is 325 Å². The second-order valence-corrected chi connectivity index (χ2v) is 21.5. The fourth-order valence-corrected chi connectivity index (χ4v) is 13.7. The molecule has 0 saturated heterocycles. The Morgan fingerprint density at radius 2 is 0.718 bits per heavy atom. The van der Waals surface area contributed by atoms with Crippen molar-refractivity contribution in [2.24, 2.45) is 0 Å². The average molecular weight is 995 g/mol. The third-order valence-corrected chi connectivity index (χ3v) is 17.1. The van der Waals surface area contributed by atoms with Gasteiger partial charge in [-0.25, -0.2) is 0 Å². The van der Waals surface area contributed by atoms with Crippen LogP contribution in [0.3, 0.4) is 0 Å². The van der Waals surface area contributed by atoms with E-state index in [2.05, 4.69) is 315 Å². The van der Waals surface area contributed by atoms with Crippen molar-refractivity contribution in [3.8, 4) is 61.3 Å². The van der Waals surface area contributed by atoms with Crippen LogP contribution >= 0.6 is 0 Å². The Morgan fingerprint density at radius 3 is 1.36 bits per heavy atom. The molecule has 1 aromatic heterocycles. The van der Waals surface area contributed by atoms with Crippen LogP contribution < -0.4 is 4.90 Å². The van der Waals surface area contributed by atoms with Crippen LogP contribution in [-0.4, -0.2) is 4.57 Å². The first-order chi connectivity index (χ1) is 38.5. The van der Waals surface area contributed by atoms with Crippen LogP contribution in [0.4, 0.5) is 17.1 Å². The van der Waals surface area contributed by atoms with Gasteiger partial charge in [-0.1, -0.05) is 257 Å². The second-order valence-electron chi connectivity index (χ2n) is 21.5. The molecule has 2 aliphatic rings. The van der Waals surface area contributed by atoms with E-state index >= 15 is 0 Å². The number of nitrogens with zero attached hydrogens (tertiary/aromatic N) is 2. The normalized spacial score (nSPS) is 13.5. The SMILES string of the molecule is CC1(C)c2ccccc2C2(c3ccccc3-c3ccc(-c4ccc(N(c5ccccc5-c5ccccc5-c5ccccc5-c5ccccc5)c5ccccc5-n5c6ccccc6c6ccccc65)cc4)cc32)c2ccccc21. The summed E-state index contributed by atoms with van der Waals surface area (Å²) >= 11 is 0. The number of hydrogen-bond donors (Lipinski definition) is 0. The summed E-state index contributed by atoms with van der Waals surface area (Å²) in [5, 5.41) is 2.46. The number of fused-ring (bicyclic) bond motifs is 12. The van der Waals surface area contributed by atoms with Gasteiger partial charge in [0.15, 0.2) is 0 Å². The van der Waals surface area contributed by atoms with Crippen molar-refractivity contribution in [2.45, 2.75) is 24.7 Å². The van der Waals surface area contributed by atoms with Crippen LogP contribution in [-0.2, 0) is 10.8 Å². The Bertz CT molecular complexity index is 4380. The van der Waals surface area contributed by atoms with Gasteiger partial charge in [0.1, 0.15) is 0 Å². The van der Waals surface area contributed by atoms with Crippen LogP contribution in [0.5, 0.6) is 0 Å². The first-order valence-corrected chi connectivity index (χ1v) is 27.3. The Kier molecular flexibility index (Phi) is 10.5. The van der Waals surface area contributed by atoms with Gasteiger partial charge >= 0.3 is 0 Å². The molecule has 2 aliphatic carbocycles. The van der Waals surface area contributed by atoms with Crippen molar-refractivity contribution in [1.82, 2.24) is 4.57 Å². The third kappa shape index (κ3) is 6.76. The molecule has 2 nitrogen and oxygen atoms in total. The maximum absolute atomic E-state index is 2.51. The molecule has 0 unspecified atom stereocenters. The van der Waals surface area contributed by atoms with Crippen molar-refractivity contribution in [1.29, 1.82) is 0 Å². The van der Waals surface area contributed by atoms with Crippen LogP contribution in [0.15, 0.2) is 291 Å². The van der Waals surface area contributed by atoms with Gasteiger partial charge in [-0.05, 0) is 132 Å². The molecule has 0 N–H and O–H groups in total. The highest BCUT2D eigenvalue weighted by Crippen LogP contribution is 2.62. The van der Waals surface area contributed by atoms with Crippen molar-refractivity contribution in [2.75, 3.05) is 4.90 Å². The summed E-state index contributed by atoms with van der Waals surface area (Å²) in [7, 11) is 0. The summed E-state index contributed by atoms with van der Waals surface area (Å²) in [6, 6.07) is 108. The lowest BCUT2D eigenvalue weighted by molar-refractivity contribution is 0.563. The maximum Gasteiger partial charge on any atom is 0.0719 e. The molecule has 368 valence electrons. The van der Waals surface area contributed by atoms with E-state index < -0.39 is 5.41 Å². The van der Waals surface area contributed by atoms with Crippen molar-refractivity contribution in [3.63, 3.8) is 0 Å². The van der Waals surface area contributed by atoms with Crippen molar-refractivity contribution < 1.29 is 0 Å². The van der Waals surface area contributed by atoms with Gasteiger partial charge in [0.05, 0.1) is 33.5 Å². The zero-order chi connectivity index (χ0) is 52.0. The average Bonchev–Trinajstić information content (AvgIpc) is 3.60. The molecule has 13 aromatic rings. The molecule has 0 saturated carbocycles. The minimum absolute atomic E-state index is 0.164. The lowest BCUT2D eigenvalue weighted by Gasteiger charge is -2.46. The minimum Gasteiger partial charge on any atom is -0.308 e. The number of aromatic nitrogens is 1. The number of anilines is 3. The zero-order valence-corrected chi connectivity index (χ0v) is 43.6. The van der Waals surface area contributed by atoms with Gasteiger partial charge in [0.2, 0.25) is 0 Å². The van der Waals surface area contributed by atoms with E-state index in [1.54, 1.807) is 0 Å². The highest BCUT2D eigenvalue weighted by molar-refractivity contribution is 6.10. The standard InChI is InChI=1S/C76H54N2/c1-75(2)65-35-15-17-37-67(65)76(68-38-18-16-36-66(68)75)64-34-14-10-30-59(64)60-49-46-53(50-69(60)76)51-44-47-54(48-45-51)77(73-42-22-23-43-74(73)78-71-40-20-12-32-62(71)63-33-13-21-41-72(63)78)70-39-19-11-31-61(70)58-29-9-8-28-57(58)56-27-7-6-26-55(56)52-24-4-3-5-25-52/h3-50H,1-2H3. The monoisotopic (exact) mass is 994 g/mol. The molecule has 2 heteroatoms. The molecule has 0 aliphatic heterocycles. The largest absolute Gasteiger partial charge is 0.308 e. The molecular weight excluding hydrogens is 941 g/mol. The Balaban J connectivity index is 0.931. The predicted molar refractivity (Wildman–Crippen MR) is 327 cm³/mol. The molecule has 1 spiro atoms. The molecule has 1 heterocycles. The molecular formula is C76H54N2. The Morgan fingerprint density at radius 1 is 0.282 bits per heavy atom. The minimum atomic E-state index is -0.473. The number of para-hydroxylation sites is 5. The maximum atomic E-state index is 2.51. The summed E-state index contributed by atoms with van der Waals surface area (Å²) in [5.74, 6) is 0. The van der Waals surface area contributed by atoms with Crippen LogP contribution in [0, 0.1) is 0 Å². The molecule has 0 radical (unpaired) electrons. The molecule has 0 amide bonds. The number of benzene rings is 12. The summed E-state index contributed by atoms with van der Waals surface area (Å²) in [4.78, 5) is 2.49. The summed E-state index contributed by atoms with van der Waals surface area (Å²) < 4.78 is 2.45. The van der Waals surface area contributed by atoms with E-state index in [4.69, 9.17) is 0 Å². The van der Waals surface area contributed by atoms with E-state index in [9.17, 15) is 0 Å². The summed E-state index contributed by atoms with van der Waals surface area (Å²) in [5.41, 5.74) is 26.2. The lowest BCUT2D eigenvalue weighted by Crippen LogP contribution is -2.40. The topological polar surface area (TPSA) is 8.17 Å². The highest BCUT2D eigenvalue weighted by atomic mass is 15.2. The number of rotatable bonds is 8. The summed E-state index contributed by atoms with van der Waals surface area (Å²) in [6.07, 6.45) is 0. The first-order valence-electron chi connectivity index (χ1n) is 27.3. The molecule has 15 rings (SSSR count). The zero-order valence-electron chi connectivity index (χ0n) is 43.6. The second kappa shape index (κ2) is 17.9. The molecule has 78 heavy (non-hydrogen) atoms. The highest BCUT2D eigenvalue weighted by Gasteiger charge is 2.53. The van der Waals surface area contributed by atoms with E-state index in [1.165, 1.54) is 94.1 Å². The number of hydrogen-bond acceptors (Lipinski definition) is 1. The van der Waals surface area contributed by atoms with Gasteiger partial charge in [0.25, 0.3) is 0 Å². The molecule has 0 atom stereocenters. The van der Waals surface area contributed by atoms with Gasteiger partial charge in [-0.2, -0.15) is 0 Å². The molecule has 12 aromatic carbocycles. The Hall–Kier alpha value is -9.76. The Labute approximate surface area is 456 Å². The van der Waals surface area contributed by atoms with Crippen molar-refractivity contribution >= 4 is 38.9 Å². The van der Waals surface area contributed by atoms with E-state index in [0.29, 0.717) is 0 Å². The van der Waals surface area contributed by atoms with Gasteiger partial charge in [0, 0.05) is 27.4 Å². The molecule has 0 bridgehead atoms. The quantitative estimate of drug-likeness (QED) is 0.147. The van der Waals surface area contributed by atoms with Crippen LogP contribution in [0.25, 0.3) is 83.1 Å². The van der Waals surface area contributed by atoms with E-state index in [0.717, 1.165) is 39.4 Å². The predicted octanol–water partition coefficient (Wildman–Crippen LogP) is 19.9. The van der Waals surface area contributed by atoms with Gasteiger partial charge in [-0.15, -0.1) is 0 Å². The van der Waals surface area contributed by atoms with Gasteiger partial charge in [-0.3, -0.25) is 0 Å². The van der Waals surface area contributed by atoms with Crippen LogP contribution in [0.2, 0.25) is 0 Å². The fraction of sp³-hybridized carbons (Fsp3) is 0.0526. The van der Waals surface area contributed by atoms with Gasteiger partial charge < -0.3 is 9.47 Å². The fourth-order valence-electron chi connectivity index (χ4n) is 13.7. The first kappa shape index (κ1) is 45.6. The summed E-state index contributed by atoms with van der Waals surface area (Å²) in [6.45, 7) is 4.79. The lowest BCUT2D eigenvalue weighted by atomic mass is 9.55. The third-order valence-electron chi connectivity index (χ3n) is 17.1. The van der Waals surface area contributed by atoms with E-state index in [-0.39, 0.29) is 5.41 Å². The molecule has 0 fully saturated rings.